The summed E-state index contributed by atoms with van der Waals surface area (Å²) in [7, 11) is 0. The fourth-order valence-electron chi connectivity index (χ4n) is 6.63. The molecule has 44 heavy (non-hydrogen) atoms. The van der Waals surface area contributed by atoms with Crippen LogP contribution in [-0.4, -0.2) is 9.97 Å². The molecule has 0 unspecified atom stereocenters. The molecule has 3 heteroatoms. The van der Waals surface area contributed by atoms with Crippen LogP contribution < -0.4 is 0 Å². The molecule has 0 bridgehead atoms. The maximum atomic E-state index is 5.05. The van der Waals surface area contributed by atoms with Crippen LogP contribution in [0.15, 0.2) is 145 Å². The molecule has 1 aliphatic carbocycles. The first-order chi connectivity index (χ1) is 21.6. The lowest BCUT2D eigenvalue weighted by Gasteiger charge is -2.24. The number of thiophene rings is 1. The van der Waals surface area contributed by atoms with E-state index in [-0.39, 0.29) is 5.41 Å². The maximum Gasteiger partial charge on any atom is 0.170 e. The second-order valence-corrected chi connectivity index (χ2v) is 12.8. The molecule has 7 aromatic rings. The van der Waals surface area contributed by atoms with E-state index in [9.17, 15) is 0 Å². The molecule has 0 fully saturated rings. The summed E-state index contributed by atoms with van der Waals surface area (Å²) in [5.74, 6) is 0.754. The molecular formula is C41H30N2S. The summed E-state index contributed by atoms with van der Waals surface area (Å²) in [6, 6.07) is 49.8. The van der Waals surface area contributed by atoms with Crippen molar-refractivity contribution in [2.45, 2.75) is 19.3 Å². The van der Waals surface area contributed by atoms with Gasteiger partial charge in [0.1, 0.15) is 0 Å². The molecule has 0 spiro atoms. The predicted molar refractivity (Wildman–Crippen MR) is 185 cm³/mol. The molecule has 2 heterocycles. The molecule has 0 amide bonds. The Morgan fingerprint density at radius 3 is 1.73 bits per heavy atom. The number of aromatic nitrogens is 2. The smallest absolute Gasteiger partial charge is 0.170 e. The third kappa shape index (κ3) is 4.49. The summed E-state index contributed by atoms with van der Waals surface area (Å²) < 4.78 is 0. The Bertz CT molecular complexity index is 2110. The maximum absolute atomic E-state index is 5.05. The van der Waals surface area contributed by atoms with Crippen molar-refractivity contribution < 1.29 is 0 Å². The second kappa shape index (κ2) is 10.6. The van der Waals surface area contributed by atoms with Crippen LogP contribution in [0.25, 0.3) is 66.6 Å². The Labute approximate surface area is 262 Å². The Kier molecular flexibility index (Phi) is 6.36. The van der Waals surface area contributed by atoms with Gasteiger partial charge in [-0.1, -0.05) is 141 Å². The minimum atomic E-state index is -0.0611. The van der Waals surface area contributed by atoms with Gasteiger partial charge in [-0.25, -0.2) is 9.97 Å². The molecule has 5 aromatic carbocycles. The van der Waals surface area contributed by atoms with Gasteiger partial charge in [0.25, 0.3) is 0 Å². The van der Waals surface area contributed by atoms with Crippen LogP contribution in [0.1, 0.15) is 25.0 Å². The van der Waals surface area contributed by atoms with E-state index in [1.54, 1.807) is 11.3 Å². The number of benzene rings is 5. The molecular weight excluding hydrogens is 553 g/mol. The van der Waals surface area contributed by atoms with Crippen molar-refractivity contribution in [1.29, 1.82) is 0 Å². The molecule has 2 aromatic heterocycles. The van der Waals surface area contributed by atoms with Crippen molar-refractivity contribution in [3.05, 3.63) is 156 Å². The lowest BCUT2D eigenvalue weighted by atomic mass is 9.79. The van der Waals surface area contributed by atoms with E-state index in [0.29, 0.717) is 0 Å². The number of fused-ring (bicyclic) bond motifs is 3. The molecule has 1 aliphatic rings. The van der Waals surface area contributed by atoms with Crippen LogP contribution in [-0.2, 0) is 5.41 Å². The third-order valence-electron chi connectivity index (χ3n) is 8.83. The van der Waals surface area contributed by atoms with Gasteiger partial charge in [-0.05, 0) is 62.0 Å². The molecule has 0 atom stereocenters. The van der Waals surface area contributed by atoms with Crippen LogP contribution in [0.5, 0.6) is 0 Å². The predicted octanol–water partition coefficient (Wildman–Crippen LogP) is 11.2. The van der Waals surface area contributed by atoms with Crippen molar-refractivity contribution >= 4 is 11.3 Å². The topological polar surface area (TPSA) is 25.8 Å². The number of nitrogens with zero attached hydrogens (tertiary/aromatic N) is 2. The second-order valence-electron chi connectivity index (χ2n) is 11.9. The molecule has 2 nitrogen and oxygen atoms in total. The fraction of sp³-hybridized carbons (Fsp3) is 0.0732. The molecule has 0 aliphatic heterocycles. The zero-order valence-corrected chi connectivity index (χ0v) is 25.5. The van der Waals surface area contributed by atoms with Crippen molar-refractivity contribution in [1.82, 2.24) is 9.97 Å². The van der Waals surface area contributed by atoms with Gasteiger partial charge in [0.15, 0.2) is 5.82 Å². The summed E-state index contributed by atoms with van der Waals surface area (Å²) in [5.41, 5.74) is 14.3. The first-order valence-corrected chi connectivity index (χ1v) is 15.9. The van der Waals surface area contributed by atoms with E-state index in [0.717, 1.165) is 33.2 Å². The van der Waals surface area contributed by atoms with E-state index in [4.69, 9.17) is 9.97 Å². The first kappa shape index (κ1) is 26.5. The summed E-state index contributed by atoms with van der Waals surface area (Å²) in [6.07, 6.45) is 0. The SMILES string of the molecule is CC1(C)c2ccccc2-c2cccc(-c3ccc(-c4cc(-c5ccc(-c6ccccc6)cc5)nc(-c5cccs5)n4)cc3)c21. The molecule has 0 radical (unpaired) electrons. The lowest BCUT2D eigenvalue weighted by Crippen LogP contribution is -2.16. The Morgan fingerprint density at radius 1 is 0.477 bits per heavy atom. The molecule has 0 saturated carbocycles. The van der Waals surface area contributed by atoms with Crippen LogP contribution in [0.3, 0.4) is 0 Å². The minimum absolute atomic E-state index is 0.0611. The van der Waals surface area contributed by atoms with Gasteiger partial charge >= 0.3 is 0 Å². The average molecular weight is 583 g/mol. The molecule has 210 valence electrons. The van der Waals surface area contributed by atoms with Gasteiger partial charge in [-0.2, -0.15) is 0 Å². The van der Waals surface area contributed by atoms with Crippen molar-refractivity contribution in [2.24, 2.45) is 0 Å². The number of hydrogen-bond acceptors (Lipinski definition) is 3. The highest BCUT2D eigenvalue weighted by Gasteiger charge is 2.37. The number of rotatable bonds is 5. The van der Waals surface area contributed by atoms with Crippen molar-refractivity contribution in [3.63, 3.8) is 0 Å². The lowest BCUT2D eigenvalue weighted by molar-refractivity contribution is 0.662. The van der Waals surface area contributed by atoms with Crippen LogP contribution in [0.4, 0.5) is 0 Å². The summed E-state index contributed by atoms with van der Waals surface area (Å²) >= 11 is 1.66. The van der Waals surface area contributed by atoms with Gasteiger partial charge in [0, 0.05) is 16.5 Å². The standard InChI is InChI=1S/C41H30N2S/c1-41(2)35-15-7-6-12-33(35)34-14-8-13-32(39(34)41)29-19-23-31(24-20-29)37-26-36(42-40(43-37)38-16-9-25-44-38)30-21-17-28(18-22-30)27-10-4-3-5-11-27/h3-26H,1-2H3. The summed E-state index contributed by atoms with van der Waals surface area (Å²) in [5, 5.41) is 2.08. The highest BCUT2D eigenvalue weighted by atomic mass is 32.1. The fourth-order valence-corrected chi connectivity index (χ4v) is 7.29. The highest BCUT2D eigenvalue weighted by molar-refractivity contribution is 7.13. The number of hydrogen-bond donors (Lipinski definition) is 0. The zero-order chi connectivity index (χ0) is 29.7. The third-order valence-corrected chi connectivity index (χ3v) is 9.69. The van der Waals surface area contributed by atoms with Crippen molar-refractivity contribution in [3.8, 4) is 66.6 Å². The van der Waals surface area contributed by atoms with E-state index < -0.39 is 0 Å². The molecule has 8 rings (SSSR count). The molecule has 0 N–H and O–H groups in total. The summed E-state index contributed by atoms with van der Waals surface area (Å²) in [4.78, 5) is 11.1. The van der Waals surface area contributed by atoms with E-state index in [2.05, 4.69) is 153 Å². The largest absolute Gasteiger partial charge is 0.227 e. The van der Waals surface area contributed by atoms with E-state index >= 15 is 0 Å². The zero-order valence-electron chi connectivity index (χ0n) is 24.7. The van der Waals surface area contributed by atoms with Crippen LogP contribution >= 0.6 is 11.3 Å². The normalized spacial score (nSPS) is 13.0. The Morgan fingerprint density at radius 2 is 1.05 bits per heavy atom. The first-order valence-electron chi connectivity index (χ1n) is 15.0. The van der Waals surface area contributed by atoms with Crippen LogP contribution in [0.2, 0.25) is 0 Å². The highest BCUT2D eigenvalue weighted by Crippen LogP contribution is 2.52. The quantitative estimate of drug-likeness (QED) is 0.202. The van der Waals surface area contributed by atoms with Gasteiger partial charge in [-0.15, -0.1) is 11.3 Å². The monoisotopic (exact) mass is 582 g/mol. The van der Waals surface area contributed by atoms with Gasteiger partial charge in [0.2, 0.25) is 0 Å². The average Bonchev–Trinajstić information content (AvgIpc) is 3.71. The van der Waals surface area contributed by atoms with Gasteiger partial charge in [-0.3, -0.25) is 0 Å². The van der Waals surface area contributed by atoms with Crippen molar-refractivity contribution in [2.75, 3.05) is 0 Å². The Hall–Kier alpha value is -5.12. The van der Waals surface area contributed by atoms with Gasteiger partial charge < -0.3 is 0 Å². The van der Waals surface area contributed by atoms with Crippen LogP contribution in [0, 0.1) is 0 Å². The van der Waals surface area contributed by atoms with E-state index in [1.165, 1.54) is 44.5 Å². The minimum Gasteiger partial charge on any atom is -0.227 e. The van der Waals surface area contributed by atoms with E-state index in [1.807, 2.05) is 6.07 Å². The van der Waals surface area contributed by atoms with Gasteiger partial charge in [0.05, 0.1) is 16.3 Å². The molecule has 0 saturated heterocycles. The Balaban J connectivity index is 1.18. The summed E-state index contributed by atoms with van der Waals surface area (Å²) in [6.45, 7) is 4.69.